The summed E-state index contributed by atoms with van der Waals surface area (Å²) in [6, 6.07) is 5.80. The number of benzene rings is 1. The monoisotopic (exact) mass is 189 g/mol. The van der Waals surface area contributed by atoms with Crippen molar-refractivity contribution >= 4 is 12.0 Å². The van der Waals surface area contributed by atoms with Gasteiger partial charge in [-0.3, -0.25) is 4.79 Å². The van der Waals surface area contributed by atoms with Crippen LogP contribution in [0.3, 0.4) is 0 Å². The molecular weight excluding hydrogens is 174 g/mol. The first-order chi connectivity index (χ1) is 6.69. The maximum absolute atomic E-state index is 10.6. The van der Waals surface area contributed by atoms with Gasteiger partial charge in [-0.2, -0.15) is 0 Å². The number of carbonyl (C=O) groups excluding carboxylic acids is 1. The molecule has 0 saturated heterocycles. The topological polar surface area (TPSA) is 20.3 Å². The molecule has 0 amide bonds. The number of carbonyl (C=O) groups is 1. The summed E-state index contributed by atoms with van der Waals surface area (Å²) in [7, 11) is 2.00. The van der Waals surface area contributed by atoms with Gasteiger partial charge in [-0.05, 0) is 30.7 Å². The van der Waals surface area contributed by atoms with Crippen LogP contribution in [-0.4, -0.2) is 19.9 Å². The van der Waals surface area contributed by atoms with Crippen LogP contribution in [0.5, 0.6) is 0 Å². The number of rotatable bonds is 4. The van der Waals surface area contributed by atoms with Gasteiger partial charge in [0.15, 0.2) is 0 Å². The van der Waals surface area contributed by atoms with Crippen molar-refractivity contribution < 1.29 is 4.79 Å². The Morgan fingerprint density at radius 2 is 2.21 bits per heavy atom. The molecule has 0 aromatic heterocycles. The summed E-state index contributed by atoms with van der Waals surface area (Å²) >= 11 is 0. The summed E-state index contributed by atoms with van der Waals surface area (Å²) in [5, 5.41) is 0. The van der Waals surface area contributed by atoms with Crippen LogP contribution in [0.25, 0.3) is 0 Å². The second-order valence-electron chi connectivity index (χ2n) is 3.33. The highest BCUT2D eigenvalue weighted by molar-refractivity contribution is 5.78. The summed E-state index contributed by atoms with van der Waals surface area (Å²) in [5.41, 5.74) is 2.86. The van der Waals surface area contributed by atoms with E-state index in [2.05, 4.69) is 11.5 Å². The molecule has 2 nitrogen and oxygen atoms in total. The second-order valence-corrected chi connectivity index (χ2v) is 3.33. The number of hydrogen-bond acceptors (Lipinski definition) is 2. The third kappa shape index (κ3) is 2.22. The highest BCUT2D eigenvalue weighted by Crippen LogP contribution is 2.16. The molecule has 0 spiro atoms. The zero-order valence-corrected chi connectivity index (χ0v) is 8.66. The van der Waals surface area contributed by atoms with Crippen molar-refractivity contribution in [2.45, 2.75) is 6.92 Å². The van der Waals surface area contributed by atoms with Crippen molar-refractivity contribution in [3.8, 4) is 0 Å². The van der Waals surface area contributed by atoms with E-state index in [1.807, 2.05) is 38.2 Å². The molecule has 74 valence electrons. The highest BCUT2D eigenvalue weighted by Gasteiger charge is 2.01. The molecule has 0 aliphatic rings. The smallest absolute Gasteiger partial charge is 0.150 e. The fraction of sp³-hybridized carbons (Fsp3) is 0.250. The molecule has 1 aromatic rings. The van der Waals surface area contributed by atoms with Gasteiger partial charge >= 0.3 is 0 Å². The molecule has 0 saturated carbocycles. The van der Waals surface area contributed by atoms with Crippen LogP contribution in [0.15, 0.2) is 30.9 Å². The van der Waals surface area contributed by atoms with E-state index in [1.165, 1.54) is 0 Å². The Bertz CT molecular complexity index is 344. The third-order valence-electron chi connectivity index (χ3n) is 2.22. The minimum atomic E-state index is 0.751. The second kappa shape index (κ2) is 4.61. The van der Waals surface area contributed by atoms with Crippen LogP contribution in [-0.2, 0) is 0 Å². The SMILES string of the molecule is C=CCN(C)c1ccc(C=O)c(C)c1. The van der Waals surface area contributed by atoms with Gasteiger partial charge in [0.2, 0.25) is 0 Å². The molecule has 0 aliphatic heterocycles. The fourth-order valence-electron chi connectivity index (χ4n) is 1.33. The number of aldehydes is 1. The lowest BCUT2D eigenvalue weighted by atomic mass is 10.1. The van der Waals surface area contributed by atoms with E-state index in [4.69, 9.17) is 0 Å². The molecule has 2 heteroatoms. The van der Waals surface area contributed by atoms with Crippen LogP contribution >= 0.6 is 0 Å². The molecule has 14 heavy (non-hydrogen) atoms. The van der Waals surface area contributed by atoms with Gasteiger partial charge < -0.3 is 4.90 Å². The Morgan fingerprint density at radius 1 is 1.50 bits per heavy atom. The molecule has 0 heterocycles. The first-order valence-corrected chi connectivity index (χ1v) is 4.57. The quantitative estimate of drug-likeness (QED) is 0.535. The Hall–Kier alpha value is -1.57. The van der Waals surface area contributed by atoms with Crippen LogP contribution in [0.2, 0.25) is 0 Å². The van der Waals surface area contributed by atoms with E-state index in [-0.39, 0.29) is 0 Å². The third-order valence-corrected chi connectivity index (χ3v) is 2.22. The Balaban J connectivity index is 2.95. The van der Waals surface area contributed by atoms with Crippen LogP contribution in [0, 0.1) is 6.92 Å². The Kier molecular flexibility index (Phi) is 3.46. The molecule has 0 radical (unpaired) electrons. The molecular formula is C12H15NO. The lowest BCUT2D eigenvalue weighted by Crippen LogP contribution is -2.16. The van der Waals surface area contributed by atoms with Gasteiger partial charge in [0.25, 0.3) is 0 Å². The molecule has 0 fully saturated rings. The van der Waals surface area contributed by atoms with Crippen molar-refractivity contribution in [3.63, 3.8) is 0 Å². The zero-order chi connectivity index (χ0) is 10.6. The van der Waals surface area contributed by atoms with Crippen molar-refractivity contribution in [1.82, 2.24) is 0 Å². The van der Waals surface area contributed by atoms with E-state index >= 15 is 0 Å². The average molecular weight is 189 g/mol. The Morgan fingerprint density at radius 3 is 2.71 bits per heavy atom. The molecule has 0 unspecified atom stereocenters. The maximum Gasteiger partial charge on any atom is 0.150 e. The van der Waals surface area contributed by atoms with Gasteiger partial charge in [0.05, 0.1) is 0 Å². The van der Waals surface area contributed by atoms with Crippen molar-refractivity contribution in [2.75, 3.05) is 18.5 Å². The Labute approximate surface area is 84.9 Å². The van der Waals surface area contributed by atoms with E-state index in [9.17, 15) is 4.79 Å². The maximum atomic E-state index is 10.6. The summed E-state index contributed by atoms with van der Waals surface area (Å²) in [5.74, 6) is 0. The minimum Gasteiger partial charge on any atom is -0.371 e. The standard InChI is InChI=1S/C12H15NO/c1-4-7-13(3)12-6-5-11(9-14)10(2)8-12/h4-6,8-9H,1,7H2,2-3H3. The normalized spacial score (nSPS) is 9.57. The lowest BCUT2D eigenvalue weighted by Gasteiger charge is -2.17. The van der Waals surface area contributed by atoms with E-state index < -0.39 is 0 Å². The minimum absolute atomic E-state index is 0.751. The predicted molar refractivity (Wildman–Crippen MR) is 60.0 cm³/mol. The van der Waals surface area contributed by atoms with Crippen molar-refractivity contribution in [1.29, 1.82) is 0 Å². The molecule has 0 bridgehead atoms. The molecule has 1 rings (SSSR count). The fourth-order valence-corrected chi connectivity index (χ4v) is 1.33. The first kappa shape index (κ1) is 10.5. The van der Waals surface area contributed by atoms with Crippen LogP contribution in [0.4, 0.5) is 5.69 Å². The number of hydrogen-bond donors (Lipinski definition) is 0. The van der Waals surface area contributed by atoms with Gasteiger partial charge in [0.1, 0.15) is 6.29 Å². The van der Waals surface area contributed by atoms with Crippen molar-refractivity contribution in [2.24, 2.45) is 0 Å². The zero-order valence-electron chi connectivity index (χ0n) is 8.66. The molecule has 0 aliphatic carbocycles. The molecule has 0 atom stereocenters. The summed E-state index contributed by atoms with van der Waals surface area (Å²) in [4.78, 5) is 12.7. The van der Waals surface area contributed by atoms with Gasteiger partial charge in [0, 0.05) is 24.8 Å². The van der Waals surface area contributed by atoms with E-state index in [0.29, 0.717) is 0 Å². The van der Waals surface area contributed by atoms with Crippen LogP contribution in [0.1, 0.15) is 15.9 Å². The largest absolute Gasteiger partial charge is 0.371 e. The van der Waals surface area contributed by atoms with Gasteiger partial charge in [-0.15, -0.1) is 6.58 Å². The predicted octanol–water partition coefficient (Wildman–Crippen LogP) is 2.43. The van der Waals surface area contributed by atoms with Gasteiger partial charge in [-0.1, -0.05) is 6.08 Å². The van der Waals surface area contributed by atoms with E-state index in [1.54, 1.807) is 0 Å². The number of anilines is 1. The average Bonchev–Trinajstić information content (AvgIpc) is 2.18. The first-order valence-electron chi connectivity index (χ1n) is 4.57. The number of likely N-dealkylation sites (N-methyl/N-ethyl adjacent to an activating group) is 1. The number of nitrogens with zero attached hydrogens (tertiary/aromatic N) is 1. The van der Waals surface area contributed by atoms with Crippen LogP contribution < -0.4 is 4.90 Å². The van der Waals surface area contributed by atoms with E-state index in [0.717, 1.165) is 29.6 Å². The molecule has 0 N–H and O–H groups in total. The summed E-state index contributed by atoms with van der Waals surface area (Å²) < 4.78 is 0. The van der Waals surface area contributed by atoms with Gasteiger partial charge in [-0.25, -0.2) is 0 Å². The summed E-state index contributed by atoms with van der Waals surface area (Å²) in [6.45, 7) is 6.43. The summed E-state index contributed by atoms with van der Waals surface area (Å²) in [6.07, 6.45) is 2.73. The molecule has 1 aromatic carbocycles. The lowest BCUT2D eigenvalue weighted by molar-refractivity contribution is 0.112. The van der Waals surface area contributed by atoms with Crippen molar-refractivity contribution in [3.05, 3.63) is 42.0 Å². The highest BCUT2D eigenvalue weighted by atomic mass is 16.1. The number of aryl methyl sites for hydroxylation is 1.